The molecule has 0 amide bonds. The largest absolute Gasteiger partial charge is 0.384 e. The summed E-state index contributed by atoms with van der Waals surface area (Å²) in [4.78, 5) is 19.8. The van der Waals surface area contributed by atoms with Crippen molar-refractivity contribution >= 4 is 22.7 Å². The van der Waals surface area contributed by atoms with Gasteiger partial charge in [-0.3, -0.25) is 4.98 Å². The number of aromatic nitrogens is 4. The van der Waals surface area contributed by atoms with Crippen LogP contribution in [0, 0.1) is 5.92 Å². The van der Waals surface area contributed by atoms with Gasteiger partial charge < -0.3 is 10.6 Å². The van der Waals surface area contributed by atoms with Gasteiger partial charge in [0.2, 0.25) is 0 Å². The molecule has 3 aromatic heterocycles. The topological polar surface area (TPSA) is 80.8 Å². The molecule has 0 atom stereocenters. The molecule has 2 N–H and O–H groups in total. The molecule has 4 rings (SSSR count). The maximum atomic E-state index is 5.75. The van der Waals surface area contributed by atoms with Crippen LogP contribution in [0.15, 0.2) is 42.9 Å². The van der Waals surface area contributed by atoms with Crippen molar-refractivity contribution in [3.8, 4) is 0 Å². The van der Waals surface area contributed by atoms with Gasteiger partial charge in [-0.1, -0.05) is 6.07 Å². The van der Waals surface area contributed by atoms with E-state index >= 15 is 0 Å². The second kappa shape index (κ2) is 6.39. The first-order valence-corrected chi connectivity index (χ1v) is 8.32. The van der Waals surface area contributed by atoms with E-state index in [1.54, 1.807) is 6.33 Å². The van der Waals surface area contributed by atoms with E-state index in [1.807, 2.05) is 24.4 Å². The van der Waals surface area contributed by atoms with Crippen molar-refractivity contribution < 1.29 is 0 Å². The van der Waals surface area contributed by atoms with Gasteiger partial charge in [0.05, 0.1) is 5.39 Å². The Labute approximate surface area is 140 Å². The molecule has 0 aromatic carbocycles. The van der Waals surface area contributed by atoms with Gasteiger partial charge in [-0.25, -0.2) is 15.0 Å². The lowest BCUT2D eigenvalue weighted by molar-refractivity contribution is 0.399. The number of hydrogen-bond donors (Lipinski definition) is 1. The van der Waals surface area contributed by atoms with Crippen molar-refractivity contribution in [1.29, 1.82) is 0 Å². The molecule has 0 unspecified atom stereocenters. The second-order valence-electron chi connectivity index (χ2n) is 6.26. The fourth-order valence-electron chi connectivity index (χ4n) is 3.36. The van der Waals surface area contributed by atoms with Crippen LogP contribution in [0.1, 0.15) is 18.5 Å². The lowest BCUT2D eigenvalue weighted by Crippen LogP contribution is -2.35. The Kier molecular flexibility index (Phi) is 3.94. The van der Waals surface area contributed by atoms with Gasteiger partial charge in [0.1, 0.15) is 18.0 Å². The summed E-state index contributed by atoms with van der Waals surface area (Å²) in [6, 6.07) is 9.91. The summed E-state index contributed by atoms with van der Waals surface area (Å²) in [6.45, 7) is 1.99. The molecule has 1 saturated heterocycles. The Bertz CT molecular complexity index is 827. The molecule has 4 heterocycles. The van der Waals surface area contributed by atoms with Gasteiger partial charge in [-0.2, -0.15) is 0 Å². The van der Waals surface area contributed by atoms with Crippen LogP contribution in [-0.2, 0) is 6.42 Å². The van der Waals surface area contributed by atoms with Crippen LogP contribution in [0.2, 0.25) is 0 Å². The summed E-state index contributed by atoms with van der Waals surface area (Å²) < 4.78 is 0. The molecule has 122 valence electrons. The molecule has 0 spiro atoms. The van der Waals surface area contributed by atoms with Gasteiger partial charge in [0.25, 0.3) is 0 Å². The average Bonchev–Trinajstić information content (AvgIpc) is 2.62. The zero-order valence-electron chi connectivity index (χ0n) is 13.5. The highest BCUT2D eigenvalue weighted by Crippen LogP contribution is 2.28. The van der Waals surface area contributed by atoms with E-state index in [1.165, 1.54) is 5.69 Å². The van der Waals surface area contributed by atoms with Gasteiger partial charge in [0, 0.05) is 25.0 Å². The van der Waals surface area contributed by atoms with E-state index in [-0.39, 0.29) is 0 Å². The lowest BCUT2D eigenvalue weighted by Gasteiger charge is -2.33. The summed E-state index contributed by atoms with van der Waals surface area (Å²) in [7, 11) is 0. The Morgan fingerprint density at radius 1 is 1.04 bits per heavy atom. The minimum absolute atomic E-state index is 0.487. The van der Waals surface area contributed by atoms with E-state index < -0.39 is 0 Å². The molecule has 0 radical (unpaired) electrons. The van der Waals surface area contributed by atoms with Crippen LogP contribution in [0.25, 0.3) is 11.0 Å². The Morgan fingerprint density at radius 3 is 2.71 bits per heavy atom. The average molecular weight is 320 g/mol. The minimum Gasteiger partial charge on any atom is -0.384 e. The quantitative estimate of drug-likeness (QED) is 0.798. The monoisotopic (exact) mass is 320 g/mol. The number of piperidine rings is 1. The number of rotatable bonds is 3. The van der Waals surface area contributed by atoms with Gasteiger partial charge in [-0.05, 0) is 49.4 Å². The standard InChI is InChI=1S/C18H20N6/c19-16-5-4-15-17(23-16)21-12-22-18(15)24-9-6-13(7-10-24)11-14-3-1-2-8-20-14/h1-5,8,12-13H,6-7,9-11H2,(H2,19,21,22,23). The predicted octanol–water partition coefficient (Wildman–Crippen LogP) is 2.46. The number of nitrogens with zero attached hydrogens (tertiary/aromatic N) is 5. The molecular weight excluding hydrogens is 300 g/mol. The summed E-state index contributed by atoms with van der Waals surface area (Å²) >= 11 is 0. The number of fused-ring (bicyclic) bond motifs is 1. The Balaban J connectivity index is 1.48. The SMILES string of the molecule is Nc1ccc2c(N3CCC(Cc4ccccn4)CC3)ncnc2n1. The number of nitrogen functional groups attached to an aromatic ring is 1. The van der Waals surface area contributed by atoms with E-state index in [2.05, 4.69) is 37.0 Å². The molecule has 24 heavy (non-hydrogen) atoms. The molecule has 6 heteroatoms. The molecule has 1 fully saturated rings. The molecule has 3 aromatic rings. The zero-order chi connectivity index (χ0) is 16.4. The van der Waals surface area contributed by atoms with Crippen molar-refractivity contribution in [1.82, 2.24) is 19.9 Å². The fraction of sp³-hybridized carbons (Fsp3) is 0.333. The predicted molar refractivity (Wildman–Crippen MR) is 94.6 cm³/mol. The van der Waals surface area contributed by atoms with Crippen LogP contribution in [0.3, 0.4) is 0 Å². The summed E-state index contributed by atoms with van der Waals surface area (Å²) in [6.07, 6.45) is 6.78. The summed E-state index contributed by atoms with van der Waals surface area (Å²) in [5.41, 5.74) is 7.60. The summed E-state index contributed by atoms with van der Waals surface area (Å²) in [5, 5.41) is 0.967. The summed E-state index contributed by atoms with van der Waals surface area (Å²) in [5.74, 6) is 2.13. The van der Waals surface area contributed by atoms with E-state index in [0.717, 1.165) is 43.6 Å². The molecule has 1 aliphatic heterocycles. The molecule has 0 aliphatic carbocycles. The highest BCUT2D eigenvalue weighted by atomic mass is 15.2. The van der Waals surface area contributed by atoms with Gasteiger partial charge >= 0.3 is 0 Å². The molecular formula is C18H20N6. The van der Waals surface area contributed by atoms with E-state index in [9.17, 15) is 0 Å². The van der Waals surface area contributed by atoms with E-state index in [0.29, 0.717) is 17.4 Å². The first-order valence-electron chi connectivity index (χ1n) is 8.32. The number of pyridine rings is 2. The lowest BCUT2D eigenvalue weighted by atomic mass is 9.92. The van der Waals surface area contributed by atoms with Crippen molar-refractivity contribution in [2.24, 2.45) is 5.92 Å². The number of nitrogens with two attached hydrogens (primary N) is 1. The Hall–Kier alpha value is -2.76. The normalized spacial score (nSPS) is 15.8. The van der Waals surface area contributed by atoms with E-state index in [4.69, 9.17) is 5.73 Å². The van der Waals surface area contributed by atoms with Crippen molar-refractivity contribution in [3.05, 3.63) is 48.5 Å². The van der Waals surface area contributed by atoms with Crippen molar-refractivity contribution in [2.45, 2.75) is 19.3 Å². The highest BCUT2D eigenvalue weighted by Gasteiger charge is 2.22. The van der Waals surface area contributed by atoms with Crippen molar-refractivity contribution in [3.63, 3.8) is 0 Å². The third-order valence-corrected chi connectivity index (χ3v) is 4.64. The molecule has 0 saturated carbocycles. The minimum atomic E-state index is 0.487. The van der Waals surface area contributed by atoms with Crippen molar-refractivity contribution in [2.75, 3.05) is 23.7 Å². The molecule has 0 bridgehead atoms. The smallest absolute Gasteiger partial charge is 0.166 e. The zero-order valence-corrected chi connectivity index (χ0v) is 13.5. The third-order valence-electron chi connectivity index (χ3n) is 4.64. The van der Waals surface area contributed by atoms with Crippen LogP contribution < -0.4 is 10.6 Å². The van der Waals surface area contributed by atoms with Crippen LogP contribution in [-0.4, -0.2) is 33.0 Å². The maximum Gasteiger partial charge on any atom is 0.166 e. The first kappa shape index (κ1) is 14.8. The first-order chi connectivity index (χ1) is 11.8. The maximum absolute atomic E-state index is 5.75. The third kappa shape index (κ3) is 2.99. The van der Waals surface area contributed by atoms with Gasteiger partial charge in [0.15, 0.2) is 5.65 Å². The second-order valence-corrected chi connectivity index (χ2v) is 6.26. The van der Waals surface area contributed by atoms with Crippen LogP contribution in [0.4, 0.5) is 11.6 Å². The number of anilines is 2. The number of hydrogen-bond acceptors (Lipinski definition) is 6. The van der Waals surface area contributed by atoms with Crippen LogP contribution in [0.5, 0.6) is 0 Å². The van der Waals surface area contributed by atoms with Gasteiger partial charge in [-0.15, -0.1) is 0 Å². The fourth-order valence-corrected chi connectivity index (χ4v) is 3.36. The van der Waals surface area contributed by atoms with Crippen LogP contribution >= 0.6 is 0 Å². The Morgan fingerprint density at radius 2 is 1.92 bits per heavy atom. The highest BCUT2D eigenvalue weighted by molar-refractivity contribution is 5.87. The molecule has 6 nitrogen and oxygen atoms in total. The molecule has 1 aliphatic rings.